The highest BCUT2D eigenvalue weighted by atomic mass is 79.9. The molecule has 2 aromatic rings. The standard InChI is InChI=1S/C12H14BrFN4O/c1-15-10(11-12(13)16-17-18(11)2)7-4-5-9(19-3)8(14)6-7/h4-6,10,15H,1-3H3. The van der Waals surface area contributed by atoms with Crippen molar-refractivity contribution in [1.29, 1.82) is 0 Å². The molecule has 0 fully saturated rings. The second-order valence-corrected chi connectivity index (χ2v) is 4.76. The van der Waals surface area contributed by atoms with Gasteiger partial charge in [-0.1, -0.05) is 11.3 Å². The zero-order valence-corrected chi connectivity index (χ0v) is 12.4. The summed E-state index contributed by atoms with van der Waals surface area (Å²) in [5, 5.41) is 11.0. The summed E-state index contributed by atoms with van der Waals surface area (Å²) in [4.78, 5) is 0. The molecule has 0 radical (unpaired) electrons. The molecule has 7 heteroatoms. The van der Waals surface area contributed by atoms with Crippen molar-refractivity contribution in [3.8, 4) is 5.75 Å². The van der Waals surface area contributed by atoms with Crippen LogP contribution in [0.25, 0.3) is 0 Å². The van der Waals surface area contributed by atoms with Gasteiger partial charge >= 0.3 is 0 Å². The second-order valence-electron chi connectivity index (χ2n) is 4.00. The van der Waals surface area contributed by atoms with Crippen LogP contribution < -0.4 is 10.1 Å². The SMILES string of the molecule is CNC(c1ccc(OC)c(F)c1)c1c(Br)nnn1C. The molecule has 5 nitrogen and oxygen atoms in total. The van der Waals surface area contributed by atoms with E-state index in [9.17, 15) is 4.39 Å². The lowest BCUT2D eigenvalue weighted by atomic mass is 10.0. The zero-order chi connectivity index (χ0) is 14.0. The maximum atomic E-state index is 13.8. The molecule has 1 unspecified atom stereocenters. The van der Waals surface area contributed by atoms with Crippen molar-refractivity contribution in [2.45, 2.75) is 6.04 Å². The summed E-state index contributed by atoms with van der Waals surface area (Å²) < 4.78 is 21.0. The summed E-state index contributed by atoms with van der Waals surface area (Å²) in [6.45, 7) is 0. The maximum absolute atomic E-state index is 13.8. The molecule has 1 N–H and O–H groups in total. The van der Waals surface area contributed by atoms with E-state index in [4.69, 9.17) is 4.74 Å². The van der Waals surface area contributed by atoms with Crippen molar-refractivity contribution in [1.82, 2.24) is 20.3 Å². The van der Waals surface area contributed by atoms with Crippen molar-refractivity contribution in [2.24, 2.45) is 7.05 Å². The Morgan fingerprint density at radius 1 is 1.47 bits per heavy atom. The molecule has 0 bridgehead atoms. The summed E-state index contributed by atoms with van der Waals surface area (Å²) in [6.07, 6.45) is 0. The number of aryl methyl sites for hydroxylation is 1. The van der Waals surface area contributed by atoms with Crippen molar-refractivity contribution in [2.75, 3.05) is 14.2 Å². The van der Waals surface area contributed by atoms with Crippen LogP contribution in [-0.2, 0) is 7.05 Å². The molecule has 0 spiro atoms. The van der Waals surface area contributed by atoms with Gasteiger partial charge < -0.3 is 10.1 Å². The van der Waals surface area contributed by atoms with Gasteiger partial charge in [-0.3, -0.25) is 0 Å². The van der Waals surface area contributed by atoms with Crippen molar-refractivity contribution in [3.05, 3.63) is 39.9 Å². The molecule has 2 rings (SSSR count). The fraction of sp³-hybridized carbons (Fsp3) is 0.333. The molecule has 0 aliphatic heterocycles. The molecule has 1 heterocycles. The summed E-state index contributed by atoms with van der Waals surface area (Å²) in [5.41, 5.74) is 1.60. The molecule has 0 saturated carbocycles. The quantitative estimate of drug-likeness (QED) is 0.933. The van der Waals surface area contributed by atoms with Gasteiger partial charge in [0.2, 0.25) is 0 Å². The van der Waals surface area contributed by atoms with E-state index in [1.54, 1.807) is 24.8 Å². The van der Waals surface area contributed by atoms with Gasteiger partial charge in [0.1, 0.15) is 0 Å². The van der Waals surface area contributed by atoms with E-state index in [1.807, 2.05) is 6.07 Å². The average molecular weight is 329 g/mol. The monoisotopic (exact) mass is 328 g/mol. The summed E-state index contributed by atoms with van der Waals surface area (Å²) >= 11 is 3.35. The van der Waals surface area contributed by atoms with Crippen molar-refractivity contribution >= 4 is 15.9 Å². The Bertz CT molecular complexity index is 568. The Kier molecular flexibility index (Phi) is 4.16. The molecular weight excluding hydrogens is 315 g/mol. The van der Waals surface area contributed by atoms with E-state index in [2.05, 4.69) is 31.6 Å². The lowest BCUT2D eigenvalue weighted by Gasteiger charge is -2.17. The summed E-state index contributed by atoms with van der Waals surface area (Å²) in [6, 6.07) is 4.64. The number of methoxy groups -OCH3 is 1. The fourth-order valence-corrected chi connectivity index (χ4v) is 2.53. The number of hydrogen-bond acceptors (Lipinski definition) is 4. The van der Waals surface area contributed by atoms with E-state index in [1.165, 1.54) is 13.2 Å². The molecule has 0 saturated heterocycles. The third-order valence-electron chi connectivity index (χ3n) is 2.90. The Balaban J connectivity index is 2.46. The average Bonchev–Trinajstić information content (AvgIpc) is 2.72. The Hall–Kier alpha value is -1.47. The van der Waals surface area contributed by atoms with E-state index in [0.29, 0.717) is 4.60 Å². The Morgan fingerprint density at radius 2 is 2.21 bits per heavy atom. The number of nitrogens with zero attached hydrogens (tertiary/aromatic N) is 3. The van der Waals surface area contributed by atoms with Crippen LogP contribution in [0.15, 0.2) is 22.8 Å². The van der Waals surface area contributed by atoms with Crippen LogP contribution in [0.1, 0.15) is 17.3 Å². The minimum absolute atomic E-state index is 0.213. The Labute approximate surface area is 118 Å². The number of benzene rings is 1. The smallest absolute Gasteiger partial charge is 0.165 e. The molecule has 1 aromatic heterocycles. The lowest BCUT2D eigenvalue weighted by molar-refractivity contribution is 0.385. The first-order valence-corrected chi connectivity index (χ1v) is 6.43. The predicted octanol–water partition coefficient (Wildman–Crippen LogP) is 2.03. The molecule has 19 heavy (non-hydrogen) atoms. The third kappa shape index (κ3) is 2.62. The second kappa shape index (κ2) is 5.66. The van der Waals surface area contributed by atoms with Gasteiger partial charge in [0.15, 0.2) is 16.2 Å². The fourth-order valence-electron chi connectivity index (χ4n) is 1.97. The van der Waals surface area contributed by atoms with Gasteiger partial charge in [-0.15, -0.1) is 5.10 Å². The van der Waals surface area contributed by atoms with Crippen LogP contribution in [0.4, 0.5) is 4.39 Å². The first-order chi connectivity index (χ1) is 9.08. The van der Waals surface area contributed by atoms with Crippen molar-refractivity contribution in [3.63, 3.8) is 0 Å². The summed E-state index contributed by atoms with van der Waals surface area (Å²) in [5.74, 6) is -0.174. The first kappa shape index (κ1) is 14.0. The summed E-state index contributed by atoms with van der Waals surface area (Å²) in [7, 11) is 5.03. The topological polar surface area (TPSA) is 52.0 Å². The molecule has 1 aromatic carbocycles. The van der Waals surface area contributed by atoms with Gasteiger partial charge in [0.05, 0.1) is 18.8 Å². The largest absolute Gasteiger partial charge is 0.494 e. The minimum atomic E-state index is -0.397. The van der Waals surface area contributed by atoms with Crippen LogP contribution >= 0.6 is 15.9 Å². The molecule has 0 aliphatic carbocycles. The van der Waals surface area contributed by atoms with Crippen molar-refractivity contribution < 1.29 is 9.13 Å². The van der Waals surface area contributed by atoms with Crippen LogP contribution in [0.3, 0.4) is 0 Å². The molecule has 102 valence electrons. The van der Waals surface area contributed by atoms with Gasteiger partial charge in [-0.2, -0.15) is 0 Å². The highest BCUT2D eigenvalue weighted by molar-refractivity contribution is 9.10. The molecular formula is C12H14BrFN4O. The predicted molar refractivity (Wildman–Crippen MR) is 72.6 cm³/mol. The van der Waals surface area contributed by atoms with Crippen LogP contribution in [0.5, 0.6) is 5.75 Å². The molecule has 1 atom stereocenters. The van der Waals surface area contributed by atoms with Crippen LogP contribution in [0.2, 0.25) is 0 Å². The van der Waals surface area contributed by atoms with E-state index in [-0.39, 0.29) is 11.8 Å². The highest BCUT2D eigenvalue weighted by Gasteiger charge is 2.21. The van der Waals surface area contributed by atoms with Gasteiger partial charge in [-0.25, -0.2) is 9.07 Å². The number of ether oxygens (including phenoxy) is 1. The number of halogens is 2. The molecule has 0 aliphatic rings. The van der Waals surface area contributed by atoms with E-state index >= 15 is 0 Å². The number of hydrogen-bond donors (Lipinski definition) is 1. The van der Waals surface area contributed by atoms with Crippen LogP contribution in [0, 0.1) is 5.82 Å². The maximum Gasteiger partial charge on any atom is 0.165 e. The van der Waals surface area contributed by atoms with Gasteiger partial charge in [0.25, 0.3) is 0 Å². The number of rotatable bonds is 4. The highest BCUT2D eigenvalue weighted by Crippen LogP contribution is 2.29. The van der Waals surface area contributed by atoms with Gasteiger partial charge in [0, 0.05) is 7.05 Å². The van der Waals surface area contributed by atoms with E-state index < -0.39 is 5.82 Å². The number of aromatic nitrogens is 3. The zero-order valence-electron chi connectivity index (χ0n) is 10.8. The number of nitrogens with one attached hydrogen (secondary N) is 1. The van der Waals surface area contributed by atoms with Gasteiger partial charge in [-0.05, 0) is 40.7 Å². The minimum Gasteiger partial charge on any atom is -0.494 e. The third-order valence-corrected chi connectivity index (χ3v) is 3.46. The van der Waals surface area contributed by atoms with Crippen LogP contribution in [-0.4, -0.2) is 29.2 Å². The van der Waals surface area contributed by atoms with E-state index in [0.717, 1.165) is 11.3 Å². The first-order valence-electron chi connectivity index (χ1n) is 5.64. The molecule has 0 amide bonds. The lowest BCUT2D eigenvalue weighted by Crippen LogP contribution is -2.21. The Morgan fingerprint density at radius 3 is 2.68 bits per heavy atom. The normalized spacial score (nSPS) is 12.5.